The Morgan fingerprint density at radius 3 is 2.61 bits per heavy atom. The molecule has 18 heavy (non-hydrogen) atoms. The van der Waals surface area contributed by atoms with Crippen molar-refractivity contribution in [2.75, 3.05) is 11.9 Å². The number of anilines is 1. The summed E-state index contributed by atoms with van der Waals surface area (Å²) < 4.78 is 2.38. The highest BCUT2D eigenvalue weighted by atomic mass is 32.1. The van der Waals surface area contributed by atoms with Crippen molar-refractivity contribution in [1.29, 1.82) is 0 Å². The number of hydrogen-bond acceptors (Lipinski definition) is 3. The Morgan fingerprint density at radius 1 is 1.33 bits per heavy atom. The molecule has 0 aliphatic heterocycles. The highest BCUT2D eigenvalue weighted by Crippen LogP contribution is 1.98. The quantitative estimate of drug-likeness (QED) is 0.603. The smallest absolute Gasteiger partial charge is 0.332 e. The molecule has 0 saturated carbocycles. The number of rotatable bonds is 4. The van der Waals surface area contributed by atoms with E-state index in [-0.39, 0.29) is 11.2 Å². The fourth-order valence-electron chi connectivity index (χ4n) is 1.39. The Labute approximate surface area is 111 Å². The van der Waals surface area contributed by atoms with Gasteiger partial charge in [0.25, 0.3) is 5.56 Å². The van der Waals surface area contributed by atoms with Crippen LogP contribution >= 0.6 is 12.2 Å². The van der Waals surface area contributed by atoms with E-state index in [0.717, 1.165) is 24.0 Å². The van der Waals surface area contributed by atoms with Crippen LogP contribution in [-0.2, 0) is 14.1 Å². The first-order valence-corrected chi connectivity index (χ1v) is 6.20. The predicted molar refractivity (Wildman–Crippen MR) is 76.1 cm³/mol. The van der Waals surface area contributed by atoms with Gasteiger partial charge in [0.2, 0.25) is 0 Å². The number of nitrogens with zero attached hydrogens (tertiary/aromatic N) is 2. The molecule has 0 spiro atoms. The van der Waals surface area contributed by atoms with Crippen LogP contribution in [0.1, 0.15) is 19.8 Å². The van der Waals surface area contributed by atoms with Crippen LogP contribution < -0.4 is 21.9 Å². The highest BCUT2D eigenvalue weighted by molar-refractivity contribution is 7.80. The maximum Gasteiger partial charge on any atom is 0.332 e. The van der Waals surface area contributed by atoms with E-state index in [4.69, 9.17) is 12.2 Å². The molecule has 0 aliphatic carbocycles. The Hall–Kier alpha value is -1.63. The second-order valence-corrected chi connectivity index (χ2v) is 4.41. The lowest BCUT2D eigenvalue weighted by Gasteiger charge is -2.13. The monoisotopic (exact) mass is 270 g/mol. The Morgan fingerprint density at radius 2 is 2.00 bits per heavy atom. The van der Waals surface area contributed by atoms with Crippen molar-refractivity contribution in [2.24, 2.45) is 14.1 Å². The molecule has 1 rings (SSSR count). The van der Waals surface area contributed by atoms with Gasteiger partial charge in [-0.05, 0) is 18.6 Å². The molecule has 0 aromatic carbocycles. The highest BCUT2D eigenvalue weighted by Gasteiger charge is 2.06. The summed E-state index contributed by atoms with van der Waals surface area (Å²) in [5.41, 5.74) is -0.752. The van der Waals surface area contributed by atoms with Crippen molar-refractivity contribution in [2.45, 2.75) is 19.8 Å². The van der Waals surface area contributed by atoms with Crippen molar-refractivity contribution in [3.05, 3.63) is 26.9 Å². The minimum atomic E-state index is -0.388. The van der Waals surface area contributed by atoms with Gasteiger partial charge in [0, 0.05) is 26.7 Å². The van der Waals surface area contributed by atoms with E-state index < -0.39 is 0 Å². The van der Waals surface area contributed by atoms with Gasteiger partial charge in [0.05, 0.1) is 0 Å². The van der Waals surface area contributed by atoms with E-state index in [9.17, 15) is 9.59 Å². The number of hydrogen-bond donors (Lipinski definition) is 2. The minimum Gasteiger partial charge on any atom is -0.362 e. The maximum absolute atomic E-state index is 11.7. The Kier molecular flexibility index (Phi) is 5.08. The first-order valence-electron chi connectivity index (χ1n) is 5.79. The van der Waals surface area contributed by atoms with Crippen LogP contribution in [0.4, 0.5) is 5.82 Å². The van der Waals surface area contributed by atoms with Crippen molar-refractivity contribution < 1.29 is 0 Å². The molecule has 6 nitrogen and oxygen atoms in total. The lowest BCUT2D eigenvalue weighted by atomic mass is 10.3. The molecule has 1 heterocycles. The SMILES string of the molecule is CCCCNC(=S)Nc1cc(=O)n(C)c(=O)n1C. The fourth-order valence-corrected chi connectivity index (χ4v) is 1.60. The Bertz CT molecular complexity index is 547. The average Bonchev–Trinajstić information content (AvgIpc) is 2.33. The van der Waals surface area contributed by atoms with Gasteiger partial charge in [0.15, 0.2) is 5.11 Å². The zero-order chi connectivity index (χ0) is 13.7. The van der Waals surface area contributed by atoms with E-state index in [0.29, 0.717) is 10.9 Å². The van der Waals surface area contributed by atoms with Crippen molar-refractivity contribution in [3.8, 4) is 0 Å². The zero-order valence-electron chi connectivity index (χ0n) is 10.8. The van der Waals surface area contributed by atoms with Gasteiger partial charge in [-0.2, -0.15) is 0 Å². The summed E-state index contributed by atoms with van der Waals surface area (Å²) in [6.07, 6.45) is 2.08. The molecular weight excluding hydrogens is 252 g/mol. The van der Waals surface area contributed by atoms with Crippen molar-refractivity contribution in [3.63, 3.8) is 0 Å². The van der Waals surface area contributed by atoms with Crippen LogP contribution in [0.15, 0.2) is 15.7 Å². The second kappa shape index (κ2) is 6.34. The van der Waals surface area contributed by atoms with E-state index in [2.05, 4.69) is 17.6 Å². The number of aromatic nitrogens is 2. The molecule has 0 atom stereocenters. The summed E-state index contributed by atoms with van der Waals surface area (Å²) in [7, 11) is 3.02. The average molecular weight is 270 g/mol. The van der Waals surface area contributed by atoms with Crippen molar-refractivity contribution >= 4 is 23.1 Å². The van der Waals surface area contributed by atoms with Gasteiger partial charge in [-0.3, -0.25) is 13.9 Å². The van der Waals surface area contributed by atoms with E-state index in [1.54, 1.807) is 7.05 Å². The number of nitrogens with one attached hydrogen (secondary N) is 2. The van der Waals surface area contributed by atoms with Crippen molar-refractivity contribution in [1.82, 2.24) is 14.5 Å². The molecule has 7 heteroatoms. The minimum absolute atomic E-state index is 0.364. The first-order chi connectivity index (χ1) is 8.47. The fraction of sp³-hybridized carbons (Fsp3) is 0.545. The topological polar surface area (TPSA) is 68.1 Å². The molecule has 1 aromatic rings. The van der Waals surface area contributed by atoms with Gasteiger partial charge >= 0.3 is 5.69 Å². The molecule has 100 valence electrons. The third-order valence-corrected chi connectivity index (χ3v) is 2.83. The van der Waals surface area contributed by atoms with Gasteiger partial charge in [-0.15, -0.1) is 0 Å². The first kappa shape index (κ1) is 14.4. The molecule has 0 fully saturated rings. The van der Waals surface area contributed by atoms with Gasteiger partial charge in [0.1, 0.15) is 5.82 Å². The van der Waals surface area contributed by atoms with Crippen LogP contribution in [0, 0.1) is 0 Å². The third kappa shape index (κ3) is 3.43. The largest absolute Gasteiger partial charge is 0.362 e. The lowest BCUT2D eigenvalue weighted by Crippen LogP contribution is -2.39. The van der Waals surface area contributed by atoms with Crippen LogP contribution in [-0.4, -0.2) is 20.8 Å². The van der Waals surface area contributed by atoms with Gasteiger partial charge in [-0.25, -0.2) is 4.79 Å². The van der Waals surface area contributed by atoms with Gasteiger partial charge in [-0.1, -0.05) is 13.3 Å². The number of thiocarbonyl (C=S) groups is 1. The predicted octanol–water partition coefficient (Wildman–Crippen LogP) is 0.170. The molecule has 2 N–H and O–H groups in total. The molecule has 0 radical (unpaired) electrons. The maximum atomic E-state index is 11.7. The van der Waals surface area contributed by atoms with Crippen LogP contribution in [0.5, 0.6) is 0 Å². The van der Waals surface area contributed by atoms with E-state index in [1.165, 1.54) is 17.7 Å². The molecule has 1 aromatic heterocycles. The summed E-state index contributed by atoms with van der Waals surface area (Å²) >= 11 is 5.08. The second-order valence-electron chi connectivity index (χ2n) is 4.00. The van der Waals surface area contributed by atoms with E-state index in [1.807, 2.05) is 0 Å². The summed E-state index contributed by atoms with van der Waals surface area (Å²) in [4.78, 5) is 23.2. The summed E-state index contributed by atoms with van der Waals surface area (Å²) in [5, 5.41) is 6.27. The summed E-state index contributed by atoms with van der Waals surface area (Å²) in [5.74, 6) is 0.386. The lowest BCUT2D eigenvalue weighted by molar-refractivity contribution is 0.692. The molecule has 0 bridgehead atoms. The summed E-state index contributed by atoms with van der Waals surface area (Å²) in [6, 6.07) is 1.34. The zero-order valence-corrected chi connectivity index (χ0v) is 11.6. The Balaban J connectivity index is 2.83. The van der Waals surface area contributed by atoms with Crippen LogP contribution in [0.25, 0.3) is 0 Å². The number of unbranched alkanes of at least 4 members (excludes halogenated alkanes) is 1. The molecule has 0 amide bonds. The molecule has 0 aliphatic rings. The van der Waals surface area contributed by atoms with Crippen LogP contribution in [0.3, 0.4) is 0 Å². The standard InChI is InChI=1S/C11H18N4O2S/c1-4-5-6-12-10(18)13-8-7-9(16)15(3)11(17)14(8)2/h7H,4-6H2,1-3H3,(H2,12,13,18). The van der Waals surface area contributed by atoms with Gasteiger partial charge < -0.3 is 10.6 Å². The van der Waals surface area contributed by atoms with Crippen LogP contribution in [0.2, 0.25) is 0 Å². The molecule has 0 unspecified atom stereocenters. The normalized spacial score (nSPS) is 10.2. The molecule has 0 saturated heterocycles. The third-order valence-electron chi connectivity index (χ3n) is 2.58. The summed E-state index contributed by atoms with van der Waals surface area (Å²) in [6.45, 7) is 2.85. The van der Waals surface area contributed by atoms with E-state index >= 15 is 0 Å². The molecular formula is C11H18N4O2S.